The van der Waals surface area contributed by atoms with Gasteiger partial charge in [0.05, 0.1) is 0 Å². The molecule has 2 aromatic carbocycles. The summed E-state index contributed by atoms with van der Waals surface area (Å²) in [6.45, 7) is 5.69. The first-order valence-electron chi connectivity index (χ1n) is 9.24. The Morgan fingerprint density at radius 3 is 2.45 bits per heavy atom. The summed E-state index contributed by atoms with van der Waals surface area (Å²) in [4.78, 5) is 32.5. The van der Waals surface area contributed by atoms with Gasteiger partial charge in [0.15, 0.2) is 0 Å². The van der Waals surface area contributed by atoms with Crippen LogP contribution in [0.15, 0.2) is 54.6 Å². The lowest BCUT2D eigenvalue weighted by atomic mass is 10.1. The van der Waals surface area contributed by atoms with Crippen molar-refractivity contribution in [3.05, 3.63) is 77.1 Å². The molecular weight excluding hydrogens is 366 g/mol. The lowest BCUT2D eigenvalue weighted by molar-refractivity contribution is -0.114. The van der Waals surface area contributed by atoms with Gasteiger partial charge in [-0.2, -0.15) is 0 Å². The van der Waals surface area contributed by atoms with Crippen molar-refractivity contribution in [1.82, 2.24) is 15.3 Å². The largest absolute Gasteiger partial charge is 0.347 e. The van der Waals surface area contributed by atoms with Gasteiger partial charge in [0.25, 0.3) is 5.91 Å². The summed E-state index contributed by atoms with van der Waals surface area (Å²) in [7, 11) is 0. The molecule has 0 bridgehead atoms. The lowest BCUT2D eigenvalue weighted by Gasteiger charge is -2.11. The summed E-state index contributed by atoms with van der Waals surface area (Å²) >= 11 is 0. The summed E-state index contributed by atoms with van der Waals surface area (Å²) < 4.78 is 0. The summed E-state index contributed by atoms with van der Waals surface area (Å²) in [5, 5.41) is 8.71. The van der Waals surface area contributed by atoms with Gasteiger partial charge in [0, 0.05) is 30.5 Å². The molecule has 3 N–H and O–H groups in total. The Hall–Kier alpha value is -3.74. The van der Waals surface area contributed by atoms with Crippen molar-refractivity contribution in [3.63, 3.8) is 0 Å². The molecule has 3 aromatic rings. The Kier molecular flexibility index (Phi) is 6.19. The molecule has 148 valence electrons. The minimum Gasteiger partial charge on any atom is -0.347 e. The van der Waals surface area contributed by atoms with Crippen LogP contribution in [0.1, 0.15) is 34.2 Å². The van der Waals surface area contributed by atoms with Gasteiger partial charge in [-0.25, -0.2) is 9.97 Å². The summed E-state index contributed by atoms with van der Waals surface area (Å²) in [6.07, 6.45) is 0. The van der Waals surface area contributed by atoms with E-state index in [0.29, 0.717) is 29.6 Å². The fraction of sp³-hybridized carbons (Fsp3) is 0.182. The van der Waals surface area contributed by atoms with Crippen molar-refractivity contribution in [2.24, 2.45) is 0 Å². The van der Waals surface area contributed by atoms with Crippen molar-refractivity contribution in [2.75, 3.05) is 10.6 Å². The van der Waals surface area contributed by atoms with Crippen molar-refractivity contribution >= 4 is 29.1 Å². The number of hydrogen-bond acceptors (Lipinski definition) is 5. The predicted molar refractivity (Wildman–Crippen MR) is 113 cm³/mol. The molecule has 0 aliphatic rings. The predicted octanol–water partition coefficient (Wildman–Crippen LogP) is 3.73. The van der Waals surface area contributed by atoms with Crippen LogP contribution in [0.4, 0.5) is 17.3 Å². The molecule has 0 aliphatic carbocycles. The van der Waals surface area contributed by atoms with E-state index < -0.39 is 0 Å². The summed E-state index contributed by atoms with van der Waals surface area (Å²) in [6, 6.07) is 16.7. The van der Waals surface area contributed by atoms with E-state index in [2.05, 4.69) is 25.9 Å². The number of rotatable bonds is 6. The van der Waals surface area contributed by atoms with E-state index in [0.717, 1.165) is 11.1 Å². The molecule has 1 aromatic heterocycles. The molecule has 0 radical (unpaired) electrons. The van der Waals surface area contributed by atoms with Crippen molar-refractivity contribution in [2.45, 2.75) is 27.3 Å². The van der Waals surface area contributed by atoms with Crippen LogP contribution in [-0.4, -0.2) is 21.8 Å². The quantitative estimate of drug-likeness (QED) is 0.597. The molecule has 2 amide bonds. The molecule has 0 saturated carbocycles. The fourth-order valence-corrected chi connectivity index (χ4v) is 2.82. The van der Waals surface area contributed by atoms with Crippen LogP contribution in [0.5, 0.6) is 0 Å². The maximum atomic E-state index is 12.6. The molecule has 3 rings (SSSR count). The third kappa shape index (κ3) is 5.62. The first-order valence-corrected chi connectivity index (χ1v) is 9.24. The molecule has 7 heteroatoms. The van der Waals surface area contributed by atoms with Gasteiger partial charge in [0.1, 0.15) is 5.69 Å². The standard InChI is InChI=1S/C22H23N5O2/c1-14-7-4-5-8-17(14)13-23-21(29)20-11-15(2)24-22(27-20)26-19-10-6-9-18(12-19)25-16(3)28/h4-12H,13H2,1-3H3,(H,23,29)(H,25,28)(H,24,26,27). The number of benzene rings is 2. The fourth-order valence-electron chi connectivity index (χ4n) is 2.82. The van der Waals surface area contributed by atoms with Gasteiger partial charge in [-0.05, 0) is 49.2 Å². The van der Waals surface area contributed by atoms with Crippen LogP contribution in [0.2, 0.25) is 0 Å². The Labute approximate surface area is 169 Å². The van der Waals surface area contributed by atoms with Gasteiger partial charge in [-0.1, -0.05) is 30.3 Å². The number of aromatic nitrogens is 2. The van der Waals surface area contributed by atoms with Gasteiger partial charge >= 0.3 is 0 Å². The second-order valence-corrected chi connectivity index (χ2v) is 6.71. The Morgan fingerprint density at radius 1 is 0.931 bits per heavy atom. The Bertz CT molecular complexity index is 1050. The number of carbonyl (C=O) groups is 2. The maximum absolute atomic E-state index is 12.6. The SMILES string of the molecule is CC(=O)Nc1cccc(Nc2nc(C)cc(C(=O)NCc3ccccc3C)n2)c1. The normalized spacial score (nSPS) is 10.3. The van der Waals surface area contributed by atoms with Crippen molar-refractivity contribution in [3.8, 4) is 0 Å². The van der Waals surface area contributed by atoms with E-state index in [9.17, 15) is 9.59 Å². The first-order chi connectivity index (χ1) is 13.9. The average molecular weight is 389 g/mol. The van der Waals surface area contributed by atoms with Crippen molar-refractivity contribution < 1.29 is 9.59 Å². The van der Waals surface area contributed by atoms with Gasteiger partial charge < -0.3 is 16.0 Å². The third-order valence-corrected chi connectivity index (χ3v) is 4.23. The summed E-state index contributed by atoms with van der Waals surface area (Å²) in [5.41, 5.74) is 4.49. The molecule has 29 heavy (non-hydrogen) atoms. The van der Waals surface area contributed by atoms with E-state index in [4.69, 9.17) is 0 Å². The molecule has 0 unspecified atom stereocenters. The second kappa shape index (κ2) is 8.97. The number of hydrogen-bond donors (Lipinski definition) is 3. The summed E-state index contributed by atoms with van der Waals surface area (Å²) in [5.74, 6) is -0.110. The first kappa shape index (κ1) is 20.0. The highest BCUT2D eigenvalue weighted by Crippen LogP contribution is 2.18. The van der Waals surface area contributed by atoms with Crippen LogP contribution in [0.3, 0.4) is 0 Å². The smallest absolute Gasteiger partial charge is 0.270 e. The van der Waals surface area contributed by atoms with E-state index in [1.165, 1.54) is 6.92 Å². The minimum atomic E-state index is -0.270. The highest BCUT2D eigenvalue weighted by molar-refractivity contribution is 5.92. The van der Waals surface area contributed by atoms with E-state index in [-0.39, 0.29) is 17.5 Å². The number of carbonyl (C=O) groups excluding carboxylic acids is 2. The molecule has 0 saturated heterocycles. The van der Waals surface area contributed by atoms with Crippen LogP contribution >= 0.6 is 0 Å². The molecule has 0 spiro atoms. The highest BCUT2D eigenvalue weighted by Gasteiger charge is 2.11. The molecule has 0 fully saturated rings. The highest BCUT2D eigenvalue weighted by atomic mass is 16.2. The molecular formula is C22H23N5O2. The lowest BCUT2D eigenvalue weighted by Crippen LogP contribution is -2.24. The topological polar surface area (TPSA) is 96.0 Å². The molecule has 0 atom stereocenters. The van der Waals surface area contributed by atoms with E-state index >= 15 is 0 Å². The number of nitrogens with zero attached hydrogens (tertiary/aromatic N) is 2. The average Bonchev–Trinajstić information content (AvgIpc) is 2.66. The monoisotopic (exact) mass is 389 g/mol. The van der Waals surface area contributed by atoms with Crippen LogP contribution in [0.25, 0.3) is 0 Å². The van der Waals surface area contributed by atoms with Crippen LogP contribution in [0, 0.1) is 13.8 Å². The zero-order chi connectivity index (χ0) is 20.8. The second-order valence-electron chi connectivity index (χ2n) is 6.71. The Balaban J connectivity index is 1.73. The van der Waals surface area contributed by atoms with Gasteiger partial charge in [0.2, 0.25) is 11.9 Å². The Morgan fingerprint density at radius 2 is 1.69 bits per heavy atom. The van der Waals surface area contributed by atoms with Crippen LogP contribution in [-0.2, 0) is 11.3 Å². The third-order valence-electron chi connectivity index (χ3n) is 4.23. The van der Waals surface area contributed by atoms with E-state index in [1.54, 1.807) is 31.2 Å². The van der Waals surface area contributed by atoms with Gasteiger partial charge in [-0.3, -0.25) is 9.59 Å². The number of nitrogens with one attached hydrogen (secondary N) is 3. The van der Waals surface area contributed by atoms with Gasteiger partial charge in [-0.15, -0.1) is 0 Å². The zero-order valence-corrected chi connectivity index (χ0v) is 16.6. The molecule has 0 aliphatic heterocycles. The van der Waals surface area contributed by atoms with E-state index in [1.807, 2.05) is 37.3 Å². The number of aryl methyl sites for hydroxylation is 2. The zero-order valence-electron chi connectivity index (χ0n) is 16.6. The molecule has 7 nitrogen and oxygen atoms in total. The number of amides is 2. The van der Waals surface area contributed by atoms with Crippen LogP contribution < -0.4 is 16.0 Å². The minimum absolute atomic E-state index is 0.151. The van der Waals surface area contributed by atoms with Crippen molar-refractivity contribution in [1.29, 1.82) is 0 Å². The molecule has 1 heterocycles. The number of anilines is 3. The maximum Gasteiger partial charge on any atom is 0.270 e.